The van der Waals surface area contributed by atoms with Gasteiger partial charge in [-0.1, -0.05) is 30.3 Å². The molecule has 1 atom stereocenters. The molecular weight excluding hydrogens is 276 g/mol. The molecule has 1 fully saturated rings. The molecule has 5 heteroatoms. The van der Waals surface area contributed by atoms with Crippen LogP contribution in [0.5, 0.6) is 0 Å². The third-order valence-corrected chi connectivity index (χ3v) is 4.07. The van der Waals surface area contributed by atoms with Gasteiger partial charge in [0.05, 0.1) is 6.04 Å². The lowest BCUT2D eigenvalue weighted by molar-refractivity contribution is 0.251. The van der Waals surface area contributed by atoms with Crippen molar-refractivity contribution in [2.45, 2.75) is 32.7 Å². The van der Waals surface area contributed by atoms with E-state index in [0.29, 0.717) is 11.7 Å². The zero-order chi connectivity index (χ0) is 15.5. The topological polar surface area (TPSA) is 59.0 Å². The molecule has 0 spiro atoms. The lowest BCUT2D eigenvalue weighted by atomic mass is 10.1. The number of carbonyl (C=O) groups excluding carboxylic acids is 1. The van der Waals surface area contributed by atoms with E-state index in [1.807, 2.05) is 36.0 Å². The minimum atomic E-state index is -0.174. The first-order valence-electron chi connectivity index (χ1n) is 7.79. The number of nitrogens with one attached hydrogen (secondary N) is 2. The lowest BCUT2D eigenvalue weighted by Gasteiger charge is -2.12. The highest BCUT2D eigenvalue weighted by Crippen LogP contribution is 2.27. The van der Waals surface area contributed by atoms with Crippen molar-refractivity contribution < 1.29 is 4.79 Å². The smallest absolute Gasteiger partial charge is 0.320 e. The summed E-state index contributed by atoms with van der Waals surface area (Å²) in [6.07, 6.45) is 4.42. The standard InChI is InChI=1S/C17H22N4O/c1-12-11-21(13(2)15-6-4-3-5-7-15)20-16(12)19-17(22)18-10-14-8-9-14/h3-7,11,13-14H,8-10H2,1-2H3,(H2,18,19,20,22)/t13-/m1/s1. The Morgan fingerprint density at radius 2 is 2.09 bits per heavy atom. The molecule has 22 heavy (non-hydrogen) atoms. The second-order valence-corrected chi connectivity index (χ2v) is 6.01. The molecule has 1 heterocycles. The minimum absolute atomic E-state index is 0.130. The molecule has 1 aliphatic carbocycles. The molecule has 0 aliphatic heterocycles. The van der Waals surface area contributed by atoms with Gasteiger partial charge in [0, 0.05) is 18.3 Å². The highest BCUT2D eigenvalue weighted by Gasteiger charge is 2.22. The summed E-state index contributed by atoms with van der Waals surface area (Å²) in [5, 5.41) is 10.2. The van der Waals surface area contributed by atoms with Crippen LogP contribution in [-0.4, -0.2) is 22.4 Å². The number of urea groups is 1. The Morgan fingerprint density at radius 3 is 2.77 bits per heavy atom. The summed E-state index contributed by atoms with van der Waals surface area (Å²) >= 11 is 0. The Bertz CT molecular complexity index is 646. The van der Waals surface area contributed by atoms with E-state index in [1.165, 1.54) is 18.4 Å². The van der Waals surface area contributed by atoms with E-state index in [2.05, 4.69) is 34.8 Å². The summed E-state index contributed by atoms with van der Waals surface area (Å²) < 4.78 is 1.89. The first-order chi connectivity index (χ1) is 10.6. The molecule has 0 saturated heterocycles. The summed E-state index contributed by atoms with van der Waals surface area (Å²) in [5.41, 5.74) is 2.15. The van der Waals surface area contributed by atoms with Crippen LogP contribution in [0.25, 0.3) is 0 Å². The van der Waals surface area contributed by atoms with Crippen LogP contribution in [0.4, 0.5) is 10.6 Å². The zero-order valence-corrected chi connectivity index (χ0v) is 13.0. The maximum Gasteiger partial charge on any atom is 0.320 e. The van der Waals surface area contributed by atoms with Gasteiger partial charge in [0.2, 0.25) is 0 Å². The number of hydrogen-bond acceptors (Lipinski definition) is 2. The van der Waals surface area contributed by atoms with Gasteiger partial charge in [-0.05, 0) is 38.2 Å². The maximum absolute atomic E-state index is 11.9. The van der Waals surface area contributed by atoms with Crippen LogP contribution in [0, 0.1) is 12.8 Å². The fourth-order valence-electron chi connectivity index (χ4n) is 2.40. The number of carbonyl (C=O) groups is 1. The fourth-order valence-corrected chi connectivity index (χ4v) is 2.40. The van der Waals surface area contributed by atoms with Crippen LogP contribution >= 0.6 is 0 Å². The van der Waals surface area contributed by atoms with Crippen molar-refractivity contribution in [1.82, 2.24) is 15.1 Å². The highest BCUT2D eigenvalue weighted by molar-refractivity contribution is 5.88. The molecule has 1 saturated carbocycles. The quantitative estimate of drug-likeness (QED) is 0.889. The molecule has 2 aromatic rings. The summed E-state index contributed by atoms with van der Waals surface area (Å²) in [6, 6.07) is 10.2. The van der Waals surface area contributed by atoms with Gasteiger partial charge < -0.3 is 5.32 Å². The number of rotatable bonds is 5. The van der Waals surface area contributed by atoms with Crippen LogP contribution < -0.4 is 10.6 Å². The molecule has 0 unspecified atom stereocenters. The molecule has 2 N–H and O–H groups in total. The normalized spacial score (nSPS) is 15.4. The van der Waals surface area contributed by atoms with Crippen molar-refractivity contribution in [1.29, 1.82) is 0 Å². The molecule has 1 aromatic heterocycles. The molecule has 1 aromatic carbocycles. The van der Waals surface area contributed by atoms with E-state index in [-0.39, 0.29) is 12.1 Å². The van der Waals surface area contributed by atoms with E-state index in [4.69, 9.17) is 0 Å². The Morgan fingerprint density at radius 1 is 1.36 bits per heavy atom. The molecule has 2 amide bonds. The predicted octanol–water partition coefficient (Wildman–Crippen LogP) is 3.33. The second-order valence-electron chi connectivity index (χ2n) is 6.01. The Kier molecular flexibility index (Phi) is 4.13. The summed E-state index contributed by atoms with van der Waals surface area (Å²) in [6.45, 7) is 4.81. The lowest BCUT2D eigenvalue weighted by Crippen LogP contribution is -2.30. The van der Waals surface area contributed by atoms with Gasteiger partial charge >= 0.3 is 6.03 Å². The number of nitrogens with zero attached hydrogens (tertiary/aromatic N) is 2. The first-order valence-corrected chi connectivity index (χ1v) is 7.79. The number of benzene rings is 1. The summed E-state index contributed by atoms with van der Waals surface area (Å²) in [7, 11) is 0. The zero-order valence-electron chi connectivity index (χ0n) is 13.0. The molecule has 1 aliphatic rings. The Balaban J connectivity index is 1.66. The summed E-state index contributed by atoms with van der Waals surface area (Å²) in [4.78, 5) is 11.9. The monoisotopic (exact) mass is 298 g/mol. The molecule has 3 rings (SSSR count). The van der Waals surface area contributed by atoms with Crippen LogP contribution in [-0.2, 0) is 0 Å². The van der Waals surface area contributed by atoms with E-state index in [0.717, 1.165) is 12.1 Å². The number of hydrogen-bond donors (Lipinski definition) is 2. The Labute approximate surface area is 130 Å². The molecular formula is C17H22N4O. The average molecular weight is 298 g/mol. The van der Waals surface area contributed by atoms with Crippen LogP contribution in [0.1, 0.15) is 36.9 Å². The van der Waals surface area contributed by atoms with Crippen LogP contribution in [0.2, 0.25) is 0 Å². The number of anilines is 1. The van der Waals surface area contributed by atoms with Crippen molar-refractivity contribution in [3.63, 3.8) is 0 Å². The molecule has 0 radical (unpaired) electrons. The molecule has 116 valence electrons. The van der Waals surface area contributed by atoms with Gasteiger partial charge in [-0.15, -0.1) is 0 Å². The van der Waals surface area contributed by atoms with Gasteiger partial charge in [-0.2, -0.15) is 5.10 Å². The fraction of sp³-hybridized carbons (Fsp3) is 0.412. The highest BCUT2D eigenvalue weighted by atomic mass is 16.2. The van der Waals surface area contributed by atoms with Gasteiger partial charge in [-0.3, -0.25) is 10.00 Å². The van der Waals surface area contributed by atoms with Gasteiger partial charge in [0.15, 0.2) is 5.82 Å². The van der Waals surface area contributed by atoms with Crippen LogP contribution in [0.15, 0.2) is 36.5 Å². The third-order valence-electron chi connectivity index (χ3n) is 4.07. The SMILES string of the molecule is Cc1cn([C@H](C)c2ccccc2)nc1NC(=O)NCC1CC1. The molecule has 0 bridgehead atoms. The second kappa shape index (κ2) is 6.22. The number of aryl methyl sites for hydroxylation is 1. The maximum atomic E-state index is 11.9. The van der Waals surface area contributed by atoms with Crippen LogP contribution in [0.3, 0.4) is 0 Å². The van der Waals surface area contributed by atoms with Crippen molar-refractivity contribution in [3.8, 4) is 0 Å². The average Bonchev–Trinajstić information content (AvgIpc) is 3.29. The molecule has 5 nitrogen and oxygen atoms in total. The van der Waals surface area contributed by atoms with E-state index in [1.54, 1.807) is 0 Å². The number of amides is 2. The first kappa shape index (κ1) is 14.6. The van der Waals surface area contributed by atoms with E-state index >= 15 is 0 Å². The van der Waals surface area contributed by atoms with E-state index in [9.17, 15) is 4.79 Å². The number of aromatic nitrogens is 2. The van der Waals surface area contributed by atoms with Crippen molar-refractivity contribution in [2.24, 2.45) is 5.92 Å². The largest absolute Gasteiger partial charge is 0.338 e. The third kappa shape index (κ3) is 3.47. The van der Waals surface area contributed by atoms with Gasteiger partial charge in [0.1, 0.15) is 0 Å². The van der Waals surface area contributed by atoms with Gasteiger partial charge in [-0.25, -0.2) is 4.79 Å². The Hall–Kier alpha value is -2.30. The minimum Gasteiger partial charge on any atom is -0.338 e. The van der Waals surface area contributed by atoms with E-state index < -0.39 is 0 Å². The van der Waals surface area contributed by atoms with Gasteiger partial charge in [0.25, 0.3) is 0 Å². The van der Waals surface area contributed by atoms with Crippen molar-refractivity contribution >= 4 is 11.8 Å². The van der Waals surface area contributed by atoms with Crippen molar-refractivity contribution in [3.05, 3.63) is 47.7 Å². The summed E-state index contributed by atoms with van der Waals surface area (Å²) in [5.74, 6) is 1.29. The predicted molar refractivity (Wildman–Crippen MR) is 87.0 cm³/mol. The van der Waals surface area contributed by atoms with Crippen molar-refractivity contribution in [2.75, 3.05) is 11.9 Å².